The topological polar surface area (TPSA) is 28.2 Å². The van der Waals surface area contributed by atoms with Gasteiger partial charge in [0.05, 0.1) is 0 Å². The summed E-state index contributed by atoms with van der Waals surface area (Å²) in [6.07, 6.45) is 5.90. The fourth-order valence-corrected chi connectivity index (χ4v) is 3.97. The summed E-state index contributed by atoms with van der Waals surface area (Å²) < 4.78 is 0. The van der Waals surface area contributed by atoms with Crippen LogP contribution >= 0.6 is 0 Å². The van der Waals surface area contributed by atoms with Crippen molar-refractivity contribution in [3.05, 3.63) is 60.3 Å². The molecule has 1 saturated carbocycles. The molecule has 1 N–H and O–H groups in total. The van der Waals surface area contributed by atoms with Crippen LogP contribution in [0.5, 0.6) is 0 Å². The second-order valence-corrected chi connectivity index (χ2v) is 7.55. The van der Waals surface area contributed by atoms with E-state index in [4.69, 9.17) is 0 Å². The van der Waals surface area contributed by atoms with Crippen LogP contribution in [0.15, 0.2) is 54.7 Å². The van der Waals surface area contributed by atoms with E-state index in [1.807, 2.05) is 12.3 Å². The van der Waals surface area contributed by atoms with Gasteiger partial charge in [0.25, 0.3) is 0 Å². The summed E-state index contributed by atoms with van der Waals surface area (Å²) in [6, 6.07) is 17.5. The van der Waals surface area contributed by atoms with E-state index in [1.54, 1.807) is 0 Å². The molecule has 0 radical (unpaired) electrons. The molecule has 1 aromatic heterocycles. The van der Waals surface area contributed by atoms with Gasteiger partial charge in [-0.25, -0.2) is 4.98 Å². The first kappa shape index (κ1) is 17.9. The van der Waals surface area contributed by atoms with Crippen molar-refractivity contribution in [2.24, 2.45) is 11.8 Å². The monoisotopic (exact) mass is 337 g/mol. The molecule has 0 amide bonds. The van der Waals surface area contributed by atoms with Gasteiger partial charge in [0.2, 0.25) is 0 Å². The van der Waals surface area contributed by atoms with Crippen molar-refractivity contribution in [3.63, 3.8) is 0 Å². The van der Waals surface area contributed by atoms with Gasteiger partial charge in [-0.05, 0) is 48.8 Å². The van der Waals surface area contributed by atoms with Gasteiger partial charge in [-0.2, -0.15) is 0 Å². The molecule has 1 aliphatic rings. The van der Waals surface area contributed by atoms with Gasteiger partial charge in [-0.15, -0.1) is 0 Å². The zero-order valence-corrected chi connectivity index (χ0v) is 15.6. The van der Waals surface area contributed by atoms with Crippen molar-refractivity contribution < 1.29 is 0 Å². The summed E-state index contributed by atoms with van der Waals surface area (Å²) in [6.45, 7) is 7.66. The molecule has 1 fully saturated rings. The van der Waals surface area contributed by atoms with Crippen LogP contribution in [0, 0.1) is 11.8 Å². The Balaban J connectivity index is 1.58. The van der Waals surface area contributed by atoms with Crippen LogP contribution in [0.25, 0.3) is 0 Å². The summed E-state index contributed by atoms with van der Waals surface area (Å²) in [5.41, 5.74) is 1.33. The Bertz CT molecular complexity index is 614. The molecular formula is C22H31N3. The molecule has 3 nitrogen and oxygen atoms in total. The average molecular weight is 338 g/mol. The smallest absolute Gasteiger partial charge is 0.128 e. The van der Waals surface area contributed by atoms with E-state index in [9.17, 15) is 0 Å². The van der Waals surface area contributed by atoms with Gasteiger partial charge >= 0.3 is 0 Å². The largest absolute Gasteiger partial charge is 0.351 e. The van der Waals surface area contributed by atoms with Crippen LogP contribution in [0.1, 0.15) is 38.7 Å². The zero-order chi connectivity index (χ0) is 17.5. The second-order valence-electron chi connectivity index (χ2n) is 7.55. The lowest BCUT2D eigenvalue weighted by molar-refractivity contribution is 0.229. The van der Waals surface area contributed by atoms with Crippen LogP contribution < -0.4 is 10.2 Å². The van der Waals surface area contributed by atoms with Gasteiger partial charge < -0.3 is 10.2 Å². The molecule has 3 atom stereocenters. The number of hydrogen-bond acceptors (Lipinski definition) is 3. The Kier molecular flexibility index (Phi) is 6.46. The number of pyridine rings is 1. The molecule has 25 heavy (non-hydrogen) atoms. The summed E-state index contributed by atoms with van der Waals surface area (Å²) in [5.74, 6) is 2.72. The maximum Gasteiger partial charge on any atom is 0.128 e. The Morgan fingerprint density at radius 2 is 1.84 bits per heavy atom. The first-order valence-electron chi connectivity index (χ1n) is 9.65. The molecule has 0 bridgehead atoms. The Morgan fingerprint density at radius 3 is 2.56 bits per heavy atom. The van der Waals surface area contributed by atoms with Crippen molar-refractivity contribution in [3.8, 4) is 0 Å². The fourth-order valence-electron chi connectivity index (χ4n) is 3.97. The molecule has 3 heteroatoms. The fraction of sp³-hybridized carbons (Fsp3) is 0.500. The maximum atomic E-state index is 4.56. The zero-order valence-electron chi connectivity index (χ0n) is 15.6. The van der Waals surface area contributed by atoms with Crippen molar-refractivity contribution >= 4 is 5.82 Å². The third-order valence-electron chi connectivity index (χ3n) is 5.41. The third-order valence-corrected chi connectivity index (χ3v) is 5.41. The molecule has 3 unspecified atom stereocenters. The predicted octanol–water partition coefficient (Wildman–Crippen LogP) is 4.50. The number of nitrogens with zero attached hydrogens (tertiary/aromatic N) is 2. The minimum Gasteiger partial charge on any atom is -0.351 e. The molecule has 0 aliphatic heterocycles. The molecule has 0 saturated heterocycles. The lowest BCUT2D eigenvalue weighted by Crippen LogP contribution is -2.42. The van der Waals surface area contributed by atoms with Gasteiger partial charge in [0.15, 0.2) is 0 Å². The van der Waals surface area contributed by atoms with Crippen molar-refractivity contribution in [2.45, 2.75) is 45.7 Å². The molecule has 0 spiro atoms. The van der Waals surface area contributed by atoms with E-state index in [0.29, 0.717) is 6.04 Å². The van der Waals surface area contributed by atoms with Gasteiger partial charge in [-0.1, -0.05) is 50.2 Å². The van der Waals surface area contributed by atoms with E-state index in [0.717, 1.165) is 37.3 Å². The molecule has 134 valence electrons. The highest BCUT2D eigenvalue weighted by Crippen LogP contribution is 2.28. The standard InChI is InChI=1S/C22H31N3/c1-18-11-12-21(19(2)16-18)23-14-15-25(22-10-6-7-13-24-22)17-20-8-4-3-5-9-20/h3-10,13,18-19,21,23H,11-12,14-17H2,1-2H3. The van der Waals surface area contributed by atoms with Crippen LogP contribution in [-0.4, -0.2) is 24.1 Å². The summed E-state index contributed by atoms with van der Waals surface area (Å²) >= 11 is 0. The molecule has 1 heterocycles. The van der Waals surface area contributed by atoms with Crippen molar-refractivity contribution in [2.75, 3.05) is 18.0 Å². The highest BCUT2D eigenvalue weighted by Gasteiger charge is 2.24. The summed E-state index contributed by atoms with van der Waals surface area (Å²) in [5, 5.41) is 3.81. The minimum atomic E-state index is 0.665. The number of rotatable bonds is 7. The number of nitrogens with one attached hydrogen (secondary N) is 1. The molecule has 1 aliphatic carbocycles. The molecule has 1 aromatic carbocycles. The SMILES string of the molecule is CC1CCC(NCCN(Cc2ccccc2)c2ccccn2)C(C)C1. The third kappa shape index (κ3) is 5.30. The van der Waals surface area contributed by atoms with Crippen molar-refractivity contribution in [1.82, 2.24) is 10.3 Å². The van der Waals surface area contributed by atoms with Gasteiger partial charge in [-0.3, -0.25) is 0 Å². The highest BCUT2D eigenvalue weighted by molar-refractivity contribution is 5.39. The average Bonchev–Trinajstić information content (AvgIpc) is 2.64. The van der Waals surface area contributed by atoms with E-state index >= 15 is 0 Å². The predicted molar refractivity (Wildman–Crippen MR) is 106 cm³/mol. The Morgan fingerprint density at radius 1 is 1.04 bits per heavy atom. The molecular weight excluding hydrogens is 306 g/mol. The Hall–Kier alpha value is -1.87. The number of anilines is 1. The first-order valence-corrected chi connectivity index (χ1v) is 9.65. The summed E-state index contributed by atoms with van der Waals surface area (Å²) in [7, 11) is 0. The second kappa shape index (κ2) is 9.00. The molecule has 3 rings (SSSR count). The summed E-state index contributed by atoms with van der Waals surface area (Å²) in [4.78, 5) is 6.94. The van der Waals surface area contributed by atoms with E-state index in [-0.39, 0.29) is 0 Å². The Labute approximate surface area is 152 Å². The van der Waals surface area contributed by atoms with Crippen LogP contribution in [0.2, 0.25) is 0 Å². The van der Waals surface area contributed by atoms with E-state index in [2.05, 4.69) is 71.5 Å². The minimum absolute atomic E-state index is 0.665. The molecule has 2 aromatic rings. The highest BCUT2D eigenvalue weighted by atomic mass is 15.2. The first-order chi connectivity index (χ1) is 12.2. The van der Waals surface area contributed by atoms with Crippen molar-refractivity contribution in [1.29, 1.82) is 0 Å². The van der Waals surface area contributed by atoms with E-state index in [1.165, 1.54) is 24.8 Å². The lowest BCUT2D eigenvalue weighted by Gasteiger charge is -2.34. The van der Waals surface area contributed by atoms with E-state index < -0.39 is 0 Å². The maximum absolute atomic E-state index is 4.56. The van der Waals surface area contributed by atoms with Gasteiger partial charge in [0.1, 0.15) is 5.82 Å². The number of hydrogen-bond donors (Lipinski definition) is 1. The van der Waals surface area contributed by atoms with Gasteiger partial charge in [0, 0.05) is 31.9 Å². The quantitative estimate of drug-likeness (QED) is 0.806. The lowest BCUT2D eigenvalue weighted by atomic mass is 9.80. The normalized spacial score (nSPS) is 23.4. The van der Waals surface area contributed by atoms with Crippen LogP contribution in [0.4, 0.5) is 5.82 Å². The van der Waals surface area contributed by atoms with Crippen LogP contribution in [0.3, 0.4) is 0 Å². The number of benzene rings is 1. The van der Waals surface area contributed by atoms with Crippen LogP contribution in [-0.2, 0) is 6.54 Å². The number of aromatic nitrogens is 1.